The summed E-state index contributed by atoms with van der Waals surface area (Å²) in [5.41, 5.74) is 2.38. The van der Waals surface area contributed by atoms with Gasteiger partial charge in [-0.15, -0.1) is 0 Å². The first-order chi connectivity index (χ1) is 6.31. The molecule has 1 N–H and O–H groups in total. The number of aryl methyl sites for hydroxylation is 1. The third-order valence-electron chi connectivity index (χ3n) is 2.04. The Morgan fingerprint density at radius 1 is 1.31 bits per heavy atom. The van der Waals surface area contributed by atoms with Crippen LogP contribution in [-0.2, 0) is 6.42 Å². The van der Waals surface area contributed by atoms with Crippen molar-refractivity contribution < 1.29 is 4.74 Å². The molecule has 2 heteroatoms. The second kappa shape index (κ2) is 4.75. The van der Waals surface area contributed by atoms with Crippen LogP contribution in [0.25, 0.3) is 0 Å². The fraction of sp³-hybridized carbons (Fsp3) is 0.455. The zero-order chi connectivity index (χ0) is 9.68. The number of anilines is 1. The van der Waals surface area contributed by atoms with Crippen molar-refractivity contribution >= 4 is 5.69 Å². The molecule has 0 aliphatic heterocycles. The molecule has 0 radical (unpaired) electrons. The van der Waals surface area contributed by atoms with E-state index < -0.39 is 0 Å². The lowest BCUT2D eigenvalue weighted by molar-refractivity contribution is 0.416. The van der Waals surface area contributed by atoms with E-state index in [0.717, 1.165) is 24.4 Å². The molecule has 0 saturated heterocycles. The minimum atomic E-state index is 0.918. The maximum atomic E-state index is 5.28. The van der Waals surface area contributed by atoms with Gasteiger partial charge in [0.15, 0.2) is 0 Å². The molecule has 72 valence electrons. The summed E-state index contributed by atoms with van der Waals surface area (Å²) in [6, 6.07) is 6.28. The van der Waals surface area contributed by atoms with Gasteiger partial charge in [-0.1, -0.05) is 13.0 Å². The standard InChI is InChI=1S/C11H17NO/c1-4-9-6-7-10(12-5-2)11(8-9)13-3/h6-8,12H,4-5H2,1-3H3. The minimum absolute atomic E-state index is 0.918. The summed E-state index contributed by atoms with van der Waals surface area (Å²) in [5, 5.41) is 3.25. The van der Waals surface area contributed by atoms with Gasteiger partial charge in [0.05, 0.1) is 12.8 Å². The van der Waals surface area contributed by atoms with Crippen molar-refractivity contribution in [3.8, 4) is 5.75 Å². The van der Waals surface area contributed by atoms with Crippen LogP contribution in [0.5, 0.6) is 5.75 Å². The van der Waals surface area contributed by atoms with Gasteiger partial charge >= 0.3 is 0 Å². The lowest BCUT2D eigenvalue weighted by atomic mass is 10.1. The predicted molar refractivity (Wildman–Crippen MR) is 56.5 cm³/mol. The van der Waals surface area contributed by atoms with E-state index in [1.165, 1.54) is 5.56 Å². The van der Waals surface area contributed by atoms with Crippen molar-refractivity contribution in [3.63, 3.8) is 0 Å². The number of nitrogens with one attached hydrogen (secondary N) is 1. The van der Waals surface area contributed by atoms with E-state index in [-0.39, 0.29) is 0 Å². The van der Waals surface area contributed by atoms with Gasteiger partial charge in [0.2, 0.25) is 0 Å². The first-order valence-electron chi connectivity index (χ1n) is 4.72. The van der Waals surface area contributed by atoms with Crippen LogP contribution in [0.4, 0.5) is 5.69 Å². The lowest BCUT2D eigenvalue weighted by Gasteiger charge is -2.10. The Morgan fingerprint density at radius 3 is 2.62 bits per heavy atom. The Morgan fingerprint density at radius 2 is 2.08 bits per heavy atom. The molecule has 0 fully saturated rings. The van der Waals surface area contributed by atoms with Crippen molar-refractivity contribution in [1.82, 2.24) is 0 Å². The maximum absolute atomic E-state index is 5.28. The quantitative estimate of drug-likeness (QED) is 0.767. The summed E-state index contributed by atoms with van der Waals surface area (Å²) in [6.07, 6.45) is 1.04. The number of hydrogen-bond acceptors (Lipinski definition) is 2. The molecule has 1 aromatic rings. The highest BCUT2D eigenvalue weighted by Gasteiger charge is 2.01. The zero-order valence-corrected chi connectivity index (χ0v) is 8.55. The molecular formula is C11H17NO. The van der Waals surface area contributed by atoms with Crippen LogP contribution in [0.3, 0.4) is 0 Å². The third-order valence-corrected chi connectivity index (χ3v) is 2.04. The van der Waals surface area contributed by atoms with Crippen molar-refractivity contribution in [1.29, 1.82) is 0 Å². The molecule has 0 saturated carbocycles. The van der Waals surface area contributed by atoms with Crippen LogP contribution >= 0.6 is 0 Å². The number of rotatable bonds is 4. The third kappa shape index (κ3) is 2.38. The van der Waals surface area contributed by atoms with Gasteiger partial charge < -0.3 is 10.1 Å². The Bertz CT molecular complexity index is 271. The van der Waals surface area contributed by atoms with Gasteiger partial charge in [-0.25, -0.2) is 0 Å². The highest BCUT2D eigenvalue weighted by molar-refractivity contribution is 5.57. The van der Waals surface area contributed by atoms with E-state index in [2.05, 4.69) is 37.4 Å². The Kier molecular flexibility index (Phi) is 3.62. The summed E-state index contributed by atoms with van der Waals surface area (Å²) in [4.78, 5) is 0. The van der Waals surface area contributed by atoms with Gasteiger partial charge in [-0.3, -0.25) is 0 Å². The van der Waals surface area contributed by atoms with E-state index in [0.29, 0.717) is 0 Å². The van der Waals surface area contributed by atoms with Crippen molar-refractivity contribution in [2.45, 2.75) is 20.3 Å². The van der Waals surface area contributed by atoms with E-state index >= 15 is 0 Å². The van der Waals surface area contributed by atoms with E-state index in [4.69, 9.17) is 4.74 Å². The molecule has 13 heavy (non-hydrogen) atoms. The fourth-order valence-corrected chi connectivity index (χ4v) is 1.29. The Hall–Kier alpha value is -1.18. The molecule has 1 aromatic carbocycles. The molecule has 0 aliphatic carbocycles. The van der Waals surface area contributed by atoms with Gasteiger partial charge in [0.1, 0.15) is 5.75 Å². The normalized spacial score (nSPS) is 9.77. The van der Waals surface area contributed by atoms with Gasteiger partial charge in [0.25, 0.3) is 0 Å². The molecule has 0 unspecified atom stereocenters. The predicted octanol–water partition coefficient (Wildman–Crippen LogP) is 2.69. The molecule has 0 heterocycles. The second-order valence-corrected chi connectivity index (χ2v) is 2.92. The van der Waals surface area contributed by atoms with Gasteiger partial charge in [-0.05, 0) is 31.0 Å². The van der Waals surface area contributed by atoms with Crippen molar-refractivity contribution in [3.05, 3.63) is 23.8 Å². The van der Waals surface area contributed by atoms with Crippen molar-refractivity contribution in [2.24, 2.45) is 0 Å². The summed E-state index contributed by atoms with van der Waals surface area (Å²) in [6.45, 7) is 5.14. The van der Waals surface area contributed by atoms with Crippen LogP contribution in [0.1, 0.15) is 19.4 Å². The van der Waals surface area contributed by atoms with Gasteiger partial charge in [-0.2, -0.15) is 0 Å². The Labute approximate surface area is 79.9 Å². The highest BCUT2D eigenvalue weighted by Crippen LogP contribution is 2.25. The molecule has 2 nitrogen and oxygen atoms in total. The van der Waals surface area contributed by atoms with E-state index in [1.807, 2.05) is 0 Å². The largest absolute Gasteiger partial charge is 0.495 e. The second-order valence-electron chi connectivity index (χ2n) is 2.92. The van der Waals surface area contributed by atoms with Gasteiger partial charge in [0, 0.05) is 6.54 Å². The molecule has 0 bridgehead atoms. The molecule has 1 rings (SSSR count). The van der Waals surface area contributed by atoms with Crippen LogP contribution in [0, 0.1) is 0 Å². The zero-order valence-electron chi connectivity index (χ0n) is 8.55. The first kappa shape index (κ1) is 9.90. The number of hydrogen-bond donors (Lipinski definition) is 1. The molecule has 0 atom stereocenters. The minimum Gasteiger partial charge on any atom is -0.495 e. The summed E-state index contributed by atoms with van der Waals surface area (Å²) >= 11 is 0. The number of ether oxygens (including phenoxy) is 1. The van der Waals surface area contributed by atoms with Crippen LogP contribution in [0.15, 0.2) is 18.2 Å². The van der Waals surface area contributed by atoms with Crippen LogP contribution in [-0.4, -0.2) is 13.7 Å². The fourth-order valence-electron chi connectivity index (χ4n) is 1.29. The maximum Gasteiger partial charge on any atom is 0.142 e. The summed E-state index contributed by atoms with van der Waals surface area (Å²) in [7, 11) is 1.70. The van der Waals surface area contributed by atoms with Crippen molar-refractivity contribution in [2.75, 3.05) is 19.0 Å². The average molecular weight is 179 g/mol. The molecule has 0 aliphatic rings. The van der Waals surface area contributed by atoms with Crippen LogP contribution < -0.4 is 10.1 Å². The summed E-state index contributed by atoms with van der Waals surface area (Å²) in [5.74, 6) is 0.932. The molecule has 0 aromatic heterocycles. The monoisotopic (exact) mass is 179 g/mol. The lowest BCUT2D eigenvalue weighted by Crippen LogP contribution is -1.99. The molecule has 0 spiro atoms. The number of benzene rings is 1. The van der Waals surface area contributed by atoms with E-state index in [1.54, 1.807) is 7.11 Å². The van der Waals surface area contributed by atoms with E-state index in [9.17, 15) is 0 Å². The SMILES string of the molecule is CCNc1ccc(CC)cc1OC. The Balaban J connectivity index is 2.93. The smallest absolute Gasteiger partial charge is 0.142 e. The van der Waals surface area contributed by atoms with Crippen LogP contribution in [0.2, 0.25) is 0 Å². The average Bonchev–Trinajstić information content (AvgIpc) is 2.19. The first-order valence-corrected chi connectivity index (χ1v) is 4.72. The summed E-state index contributed by atoms with van der Waals surface area (Å²) < 4.78 is 5.28. The number of methoxy groups -OCH3 is 1. The molecule has 0 amide bonds. The highest BCUT2D eigenvalue weighted by atomic mass is 16.5. The molecular weight excluding hydrogens is 162 g/mol. The topological polar surface area (TPSA) is 21.3 Å².